The summed E-state index contributed by atoms with van der Waals surface area (Å²) < 4.78 is 0. The molecule has 0 radical (unpaired) electrons. The van der Waals surface area contributed by atoms with E-state index in [1.54, 1.807) is 4.90 Å². The monoisotopic (exact) mass is 357 g/mol. The Morgan fingerprint density at radius 2 is 1.41 bits per heavy atom. The van der Waals surface area contributed by atoms with Crippen LogP contribution >= 0.6 is 0 Å². The van der Waals surface area contributed by atoms with Gasteiger partial charge in [0.25, 0.3) is 0 Å². The number of hydrogen-bond donors (Lipinski definition) is 2. The smallest absolute Gasteiger partial charge is 0.0896 e. The van der Waals surface area contributed by atoms with Crippen molar-refractivity contribution in [2.24, 2.45) is 0 Å². The van der Waals surface area contributed by atoms with Gasteiger partial charge in [0.1, 0.15) is 0 Å². The second kappa shape index (κ2) is 14.7. The molecule has 2 nitrogen and oxygen atoms in total. The van der Waals surface area contributed by atoms with Gasteiger partial charge in [-0.1, -0.05) is 40.0 Å². The van der Waals surface area contributed by atoms with E-state index in [9.17, 15) is 0 Å². The Bertz CT molecular complexity index is 130. The zero-order chi connectivity index (χ0) is 12.2. The first kappa shape index (κ1) is 20.0. The number of nitrogens with one attached hydrogen (secondary N) is 1. The molecule has 0 fully saturated rings. The molecule has 0 aliphatic rings. The molecule has 0 saturated heterocycles. The van der Waals surface area contributed by atoms with Crippen LogP contribution in [0.5, 0.6) is 0 Å². The maximum Gasteiger partial charge on any atom is 0.0896 e. The van der Waals surface area contributed by atoms with E-state index in [1.807, 2.05) is 0 Å². The summed E-state index contributed by atoms with van der Waals surface area (Å²) in [6, 6.07) is 0.688. The van der Waals surface area contributed by atoms with Crippen LogP contribution in [0.2, 0.25) is 0 Å². The van der Waals surface area contributed by atoms with E-state index in [4.69, 9.17) is 5.11 Å². The lowest BCUT2D eigenvalue weighted by Gasteiger charge is -2.28. The molecule has 106 valence electrons. The topological polar surface area (TPSA) is 24.7 Å². The van der Waals surface area contributed by atoms with Crippen LogP contribution < -0.4 is 28.9 Å². The van der Waals surface area contributed by atoms with Crippen LogP contribution in [0.4, 0.5) is 0 Å². The Morgan fingerprint density at radius 3 is 1.76 bits per heavy atom. The van der Waals surface area contributed by atoms with E-state index >= 15 is 0 Å². The molecule has 0 saturated carbocycles. The van der Waals surface area contributed by atoms with Crippen molar-refractivity contribution in [3.05, 3.63) is 0 Å². The standard InChI is InChI=1S/C14H31NO.HI/c1-4-7-11-15(12-8-5-2)14(9-6-3)10-13-16;/h14,16H,4-13H2,1-3H3;1H. The Kier molecular flexibility index (Phi) is 17.3. The first-order valence-electron chi connectivity index (χ1n) is 7.25. The minimum Gasteiger partial charge on any atom is -1.00 e. The maximum atomic E-state index is 9.15. The molecule has 0 amide bonds. The summed E-state index contributed by atoms with van der Waals surface area (Å²) >= 11 is 0. The molecule has 0 aromatic carbocycles. The van der Waals surface area contributed by atoms with Crippen molar-refractivity contribution in [3.8, 4) is 0 Å². The van der Waals surface area contributed by atoms with E-state index < -0.39 is 0 Å². The Balaban J connectivity index is 0. The fraction of sp³-hybridized carbons (Fsp3) is 1.00. The summed E-state index contributed by atoms with van der Waals surface area (Å²) in [6.07, 6.45) is 8.71. The lowest BCUT2D eigenvalue weighted by Crippen LogP contribution is -3.15. The van der Waals surface area contributed by atoms with Crippen LogP contribution in [0.25, 0.3) is 0 Å². The largest absolute Gasteiger partial charge is 1.00 e. The highest BCUT2D eigenvalue weighted by atomic mass is 127. The third-order valence-electron chi connectivity index (χ3n) is 3.39. The van der Waals surface area contributed by atoms with Crippen LogP contribution in [0.1, 0.15) is 65.7 Å². The Morgan fingerprint density at radius 1 is 0.882 bits per heavy atom. The predicted octanol–water partition coefficient (Wildman–Crippen LogP) is -0.973. The lowest BCUT2D eigenvalue weighted by atomic mass is 10.1. The van der Waals surface area contributed by atoms with Gasteiger partial charge in [-0.2, -0.15) is 0 Å². The number of rotatable bonds is 11. The van der Waals surface area contributed by atoms with Gasteiger partial charge in [-0.05, 0) is 19.3 Å². The zero-order valence-corrected chi connectivity index (χ0v) is 14.1. The van der Waals surface area contributed by atoms with Crippen molar-refractivity contribution in [1.82, 2.24) is 0 Å². The number of aliphatic hydroxyl groups is 1. The molecule has 3 heteroatoms. The van der Waals surface area contributed by atoms with Gasteiger partial charge >= 0.3 is 0 Å². The molecular formula is C14H32INO. The summed E-state index contributed by atoms with van der Waals surface area (Å²) in [4.78, 5) is 1.74. The molecule has 2 N–H and O–H groups in total. The second-order valence-electron chi connectivity index (χ2n) is 4.86. The molecule has 0 rings (SSSR count). The van der Waals surface area contributed by atoms with Gasteiger partial charge in [-0.15, -0.1) is 0 Å². The third kappa shape index (κ3) is 10.3. The van der Waals surface area contributed by atoms with Crippen LogP contribution in [0, 0.1) is 0 Å². The number of halogens is 1. The van der Waals surface area contributed by atoms with Gasteiger partial charge in [0.15, 0.2) is 0 Å². The van der Waals surface area contributed by atoms with E-state index in [-0.39, 0.29) is 24.0 Å². The molecule has 1 atom stereocenters. The lowest BCUT2D eigenvalue weighted by molar-refractivity contribution is -0.926. The van der Waals surface area contributed by atoms with E-state index in [1.165, 1.54) is 51.6 Å². The van der Waals surface area contributed by atoms with Crippen molar-refractivity contribution in [3.63, 3.8) is 0 Å². The maximum absolute atomic E-state index is 9.15. The molecule has 0 heterocycles. The van der Waals surface area contributed by atoms with Crippen LogP contribution in [-0.4, -0.2) is 30.8 Å². The van der Waals surface area contributed by atoms with E-state index in [2.05, 4.69) is 20.8 Å². The number of aliphatic hydroxyl groups excluding tert-OH is 1. The second-order valence-corrected chi connectivity index (χ2v) is 4.86. The van der Waals surface area contributed by atoms with Gasteiger partial charge in [0.2, 0.25) is 0 Å². The predicted molar refractivity (Wildman–Crippen MR) is 70.9 cm³/mol. The summed E-state index contributed by atoms with van der Waals surface area (Å²) in [7, 11) is 0. The summed E-state index contributed by atoms with van der Waals surface area (Å²) in [5.74, 6) is 0. The van der Waals surface area contributed by atoms with Crippen LogP contribution in [-0.2, 0) is 0 Å². The third-order valence-corrected chi connectivity index (χ3v) is 3.39. The normalized spacial score (nSPS) is 12.5. The molecule has 0 aromatic heterocycles. The molecule has 17 heavy (non-hydrogen) atoms. The fourth-order valence-corrected chi connectivity index (χ4v) is 2.40. The van der Waals surface area contributed by atoms with Gasteiger partial charge in [-0.25, -0.2) is 0 Å². The molecular weight excluding hydrogens is 325 g/mol. The number of hydrogen-bond acceptors (Lipinski definition) is 1. The summed E-state index contributed by atoms with van der Waals surface area (Å²) in [5, 5.41) is 9.15. The highest BCUT2D eigenvalue weighted by molar-refractivity contribution is 4.55. The van der Waals surface area contributed by atoms with Gasteiger partial charge < -0.3 is 34.0 Å². The van der Waals surface area contributed by atoms with E-state index in [0.29, 0.717) is 12.6 Å². The molecule has 0 bridgehead atoms. The Hall–Kier alpha value is 0.650. The van der Waals surface area contributed by atoms with Crippen molar-refractivity contribution < 1.29 is 34.0 Å². The van der Waals surface area contributed by atoms with Crippen LogP contribution in [0.15, 0.2) is 0 Å². The van der Waals surface area contributed by atoms with E-state index in [0.717, 1.165) is 6.42 Å². The zero-order valence-electron chi connectivity index (χ0n) is 12.0. The van der Waals surface area contributed by atoms with Crippen LogP contribution in [0.3, 0.4) is 0 Å². The van der Waals surface area contributed by atoms with Crippen molar-refractivity contribution in [1.29, 1.82) is 0 Å². The minimum atomic E-state index is 0. The first-order chi connectivity index (χ1) is 7.79. The minimum absolute atomic E-state index is 0. The van der Waals surface area contributed by atoms with Crippen molar-refractivity contribution in [2.45, 2.75) is 71.8 Å². The van der Waals surface area contributed by atoms with Crippen molar-refractivity contribution >= 4 is 0 Å². The van der Waals surface area contributed by atoms with Gasteiger partial charge in [0.05, 0.1) is 19.1 Å². The number of quaternary nitrogens is 1. The van der Waals surface area contributed by atoms with Gasteiger partial charge in [0, 0.05) is 13.0 Å². The molecule has 0 spiro atoms. The average Bonchev–Trinajstić information content (AvgIpc) is 2.29. The molecule has 0 aliphatic heterocycles. The summed E-state index contributed by atoms with van der Waals surface area (Å²) in [6.45, 7) is 9.72. The highest BCUT2D eigenvalue weighted by Crippen LogP contribution is 1.98. The van der Waals surface area contributed by atoms with Crippen molar-refractivity contribution in [2.75, 3.05) is 19.7 Å². The quantitative estimate of drug-likeness (QED) is 0.457. The molecule has 1 unspecified atom stereocenters. The fourth-order valence-electron chi connectivity index (χ4n) is 2.40. The summed E-state index contributed by atoms with van der Waals surface area (Å²) in [5.41, 5.74) is 0. The highest BCUT2D eigenvalue weighted by Gasteiger charge is 2.19. The Labute approximate surface area is 125 Å². The SMILES string of the molecule is CCCC[NH+](CCCC)C(CCC)CCO.[I-]. The first-order valence-corrected chi connectivity index (χ1v) is 7.25. The average molecular weight is 357 g/mol. The van der Waals surface area contributed by atoms with Gasteiger partial charge in [-0.3, -0.25) is 0 Å². The molecule has 0 aromatic rings. The molecule has 0 aliphatic carbocycles. The number of unbranched alkanes of at least 4 members (excludes halogenated alkanes) is 2.